The SMILES string of the molecule is CCOC(=O)CCNCc1ccc(C)cc1Cl. The lowest BCUT2D eigenvalue weighted by Gasteiger charge is -2.07. The second-order valence-electron chi connectivity index (χ2n) is 3.83. The van der Waals surface area contributed by atoms with Gasteiger partial charge in [0.15, 0.2) is 0 Å². The van der Waals surface area contributed by atoms with Crippen LogP contribution in [0.3, 0.4) is 0 Å². The van der Waals surface area contributed by atoms with Crippen molar-refractivity contribution in [2.45, 2.75) is 26.8 Å². The molecule has 1 aromatic rings. The highest BCUT2D eigenvalue weighted by Crippen LogP contribution is 2.17. The minimum atomic E-state index is -0.171. The molecule has 0 radical (unpaired) electrons. The van der Waals surface area contributed by atoms with Crippen molar-refractivity contribution in [3.05, 3.63) is 34.3 Å². The van der Waals surface area contributed by atoms with E-state index in [1.807, 2.05) is 25.1 Å². The molecule has 0 fully saturated rings. The maximum absolute atomic E-state index is 11.1. The Morgan fingerprint density at radius 1 is 1.47 bits per heavy atom. The lowest BCUT2D eigenvalue weighted by atomic mass is 10.1. The van der Waals surface area contributed by atoms with Crippen LogP contribution in [-0.4, -0.2) is 19.1 Å². The van der Waals surface area contributed by atoms with Gasteiger partial charge >= 0.3 is 5.97 Å². The highest BCUT2D eigenvalue weighted by atomic mass is 35.5. The monoisotopic (exact) mass is 255 g/mol. The summed E-state index contributed by atoms with van der Waals surface area (Å²) in [6.07, 6.45) is 0.386. The molecule has 0 saturated carbocycles. The zero-order chi connectivity index (χ0) is 12.7. The zero-order valence-corrected chi connectivity index (χ0v) is 11.0. The minimum absolute atomic E-state index is 0.171. The van der Waals surface area contributed by atoms with Gasteiger partial charge in [-0.2, -0.15) is 0 Å². The van der Waals surface area contributed by atoms with E-state index in [0.29, 0.717) is 26.1 Å². The van der Waals surface area contributed by atoms with E-state index in [-0.39, 0.29) is 5.97 Å². The molecule has 0 spiro atoms. The van der Waals surface area contributed by atoms with Crippen LogP contribution in [0.1, 0.15) is 24.5 Å². The van der Waals surface area contributed by atoms with Gasteiger partial charge in [-0.25, -0.2) is 0 Å². The number of hydrogen-bond donors (Lipinski definition) is 1. The van der Waals surface area contributed by atoms with E-state index >= 15 is 0 Å². The van der Waals surface area contributed by atoms with Crippen LogP contribution >= 0.6 is 11.6 Å². The summed E-state index contributed by atoms with van der Waals surface area (Å²) in [5.41, 5.74) is 2.19. The number of benzene rings is 1. The first-order valence-electron chi connectivity index (χ1n) is 5.75. The molecule has 0 aromatic heterocycles. The van der Waals surface area contributed by atoms with Gasteiger partial charge in [-0.05, 0) is 31.0 Å². The highest BCUT2D eigenvalue weighted by molar-refractivity contribution is 6.31. The largest absolute Gasteiger partial charge is 0.466 e. The van der Waals surface area contributed by atoms with Gasteiger partial charge in [0.25, 0.3) is 0 Å². The molecule has 17 heavy (non-hydrogen) atoms. The van der Waals surface area contributed by atoms with E-state index in [1.165, 1.54) is 0 Å². The summed E-state index contributed by atoms with van der Waals surface area (Å²) in [7, 11) is 0. The number of nitrogens with one attached hydrogen (secondary N) is 1. The first kappa shape index (κ1) is 14.0. The number of hydrogen-bond acceptors (Lipinski definition) is 3. The van der Waals surface area contributed by atoms with E-state index in [0.717, 1.165) is 16.1 Å². The van der Waals surface area contributed by atoms with Crippen molar-refractivity contribution >= 4 is 17.6 Å². The maximum atomic E-state index is 11.1. The van der Waals surface area contributed by atoms with Crippen LogP contribution in [0.5, 0.6) is 0 Å². The molecule has 94 valence electrons. The molecule has 1 aromatic carbocycles. The fourth-order valence-electron chi connectivity index (χ4n) is 1.44. The van der Waals surface area contributed by atoms with Crippen molar-refractivity contribution in [2.24, 2.45) is 0 Å². The summed E-state index contributed by atoms with van der Waals surface area (Å²) in [4.78, 5) is 11.1. The molecule has 0 saturated heterocycles. The lowest BCUT2D eigenvalue weighted by molar-refractivity contribution is -0.142. The van der Waals surface area contributed by atoms with Crippen LogP contribution in [0.15, 0.2) is 18.2 Å². The molecule has 0 aliphatic heterocycles. The molecule has 4 heteroatoms. The van der Waals surface area contributed by atoms with Gasteiger partial charge in [-0.3, -0.25) is 4.79 Å². The van der Waals surface area contributed by atoms with E-state index < -0.39 is 0 Å². The summed E-state index contributed by atoms with van der Waals surface area (Å²) >= 11 is 6.09. The molecule has 0 bridgehead atoms. The molecule has 0 heterocycles. The van der Waals surface area contributed by atoms with Crippen LogP contribution in [0, 0.1) is 6.92 Å². The Balaban J connectivity index is 2.29. The van der Waals surface area contributed by atoms with Crippen molar-refractivity contribution in [1.29, 1.82) is 0 Å². The van der Waals surface area contributed by atoms with Crippen molar-refractivity contribution in [3.8, 4) is 0 Å². The fourth-order valence-corrected chi connectivity index (χ4v) is 1.74. The average Bonchev–Trinajstić information content (AvgIpc) is 2.27. The van der Waals surface area contributed by atoms with Crippen molar-refractivity contribution < 1.29 is 9.53 Å². The molecule has 1 N–H and O–H groups in total. The van der Waals surface area contributed by atoms with Gasteiger partial charge < -0.3 is 10.1 Å². The molecule has 0 aliphatic carbocycles. The Labute approximate surface area is 107 Å². The van der Waals surface area contributed by atoms with E-state index in [1.54, 1.807) is 6.92 Å². The third kappa shape index (κ3) is 5.20. The number of rotatable bonds is 6. The Kier molecular flexibility index (Phi) is 6.01. The summed E-state index contributed by atoms with van der Waals surface area (Å²) in [5, 5.41) is 3.92. The Morgan fingerprint density at radius 3 is 2.88 bits per heavy atom. The van der Waals surface area contributed by atoms with E-state index in [4.69, 9.17) is 16.3 Å². The second-order valence-corrected chi connectivity index (χ2v) is 4.23. The van der Waals surface area contributed by atoms with Crippen molar-refractivity contribution in [3.63, 3.8) is 0 Å². The topological polar surface area (TPSA) is 38.3 Å². The van der Waals surface area contributed by atoms with Gasteiger partial charge in [-0.1, -0.05) is 23.7 Å². The number of carbonyl (C=O) groups is 1. The molecule has 0 unspecified atom stereocenters. The first-order valence-corrected chi connectivity index (χ1v) is 6.12. The molecule has 3 nitrogen and oxygen atoms in total. The molecule has 0 amide bonds. The summed E-state index contributed by atoms with van der Waals surface area (Å²) in [6.45, 7) is 5.51. The van der Waals surface area contributed by atoms with Gasteiger partial charge in [0.1, 0.15) is 0 Å². The predicted octanol–water partition coefficient (Wildman–Crippen LogP) is 2.69. The predicted molar refractivity (Wildman–Crippen MR) is 69.1 cm³/mol. The van der Waals surface area contributed by atoms with Crippen LogP contribution in [-0.2, 0) is 16.1 Å². The van der Waals surface area contributed by atoms with Crippen LogP contribution in [0.4, 0.5) is 0 Å². The Morgan fingerprint density at radius 2 is 2.24 bits per heavy atom. The average molecular weight is 256 g/mol. The fraction of sp³-hybridized carbons (Fsp3) is 0.462. The summed E-state index contributed by atoms with van der Waals surface area (Å²) in [5.74, 6) is -0.171. The molecular weight excluding hydrogens is 238 g/mol. The molecule has 0 aliphatic rings. The quantitative estimate of drug-likeness (QED) is 0.627. The van der Waals surface area contributed by atoms with Gasteiger partial charge in [0, 0.05) is 18.1 Å². The number of halogens is 1. The van der Waals surface area contributed by atoms with Crippen LogP contribution in [0.25, 0.3) is 0 Å². The summed E-state index contributed by atoms with van der Waals surface area (Å²) < 4.78 is 4.83. The standard InChI is InChI=1S/C13H18ClNO2/c1-3-17-13(16)6-7-15-9-11-5-4-10(2)8-12(11)14/h4-5,8,15H,3,6-7,9H2,1-2H3. The lowest BCUT2D eigenvalue weighted by Crippen LogP contribution is -2.19. The number of aryl methyl sites for hydroxylation is 1. The van der Waals surface area contributed by atoms with Crippen LogP contribution < -0.4 is 5.32 Å². The normalized spacial score (nSPS) is 10.3. The van der Waals surface area contributed by atoms with Crippen LogP contribution in [0.2, 0.25) is 5.02 Å². The number of esters is 1. The van der Waals surface area contributed by atoms with Gasteiger partial charge in [-0.15, -0.1) is 0 Å². The third-order valence-corrected chi connectivity index (χ3v) is 2.69. The number of carbonyl (C=O) groups excluding carboxylic acids is 1. The third-order valence-electron chi connectivity index (χ3n) is 2.34. The van der Waals surface area contributed by atoms with Gasteiger partial charge in [0.05, 0.1) is 13.0 Å². The number of ether oxygens (including phenoxy) is 1. The molecular formula is C13H18ClNO2. The van der Waals surface area contributed by atoms with Crippen molar-refractivity contribution in [2.75, 3.05) is 13.2 Å². The zero-order valence-electron chi connectivity index (χ0n) is 10.3. The second kappa shape index (κ2) is 7.30. The highest BCUT2D eigenvalue weighted by Gasteiger charge is 2.02. The Bertz CT molecular complexity index is 380. The molecule has 1 rings (SSSR count). The maximum Gasteiger partial charge on any atom is 0.307 e. The first-order chi connectivity index (χ1) is 8.13. The summed E-state index contributed by atoms with van der Waals surface area (Å²) in [6, 6.07) is 5.95. The van der Waals surface area contributed by atoms with E-state index in [9.17, 15) is 4.79 Å². The Hall–Kier alpha value is -1.06. The van der Waals surface area contributed by atoms with Crippen molar-refractivity contribution in [1.82, 2.24) is 5.32 Å². The molecule has 0 atom stereocenters. The minimum Gasteiger partial charge on any atom is -0.466 e. The smallest absolute Gasteiger partial charge is 0.307 e. The van der Waals surface area contributed by atoms with Gasteiger partial charge in [0.2, 0.25) is 0 Å². The van der Waals surface area contributed by atoms with E-state index in [2.05, 4.69) is 5.32 Å².